The average molecular weight is 779 g/mol. The summed E-state index contributed by atoms with van der Waals surface area (Å²) in [6, 6.07) is 5.58. The monoisotopic (exact) mass is 778 g/mol. The second-order valence-electron chi connectivity index (χ2n) is 14.8. The summed E-state index contributed by atoms with van der Waals surface area (Å²) in [5, 5.41) is 20.7. The molecule has 2 unspecified atom stereocenters. The lowest BCUT2D eigenvalue weighted by molar-refractivity contribution is -0.134. The first-order chi connectivity index (χ1) is 24.5. The van der Waals surface area contributed by atoms with Gasteiger partial charge in [0.1, 0.15) is 0 Å². The van der Waals surface area contributed by atoms with Crippen molar-refractivity contribution in [3.8, 4) is 0 Å². The van der Waals surface area contributed by atoms with Gasteiger partial charge in [0.2, 0.25) is 5.91 Å². The fourth-order valence-corrected chi connectivity index (χ4v) is 8.00. The van der Waals surface area contributed by atoms with E-state index >= 15 is 0 Å². The van der Waals surface area contributed by atoms with Gasteiger partial charge in [-0.1, -0.05) is 6.07 Å². The van der Waals surface area contributed by atoms with Crippen LogP contribution in [0.3, 0.4) is 0 Å². The maximum Gasteiger partial charge on any atom is 0.300 e. The Balaban J connectivity index is 0.000000303. The molecule has 2 aliphatic rings. The molecule has 0 spiro atoms. The van der Waals surface area contributed by atoms with Gasteiger partial charge in [0.05, 0.1) is 17.8 Å². The molecule has 0 aliphatic heterocycles. The molecular weight excluding hydrogens is 721 g/mol. The zero-order valence-corrected chi connectivity index (χ0v) is 34.6. The number of carboxylic acid groups (broad SMARTS) is 1. The van der Waals surface area contributed by atoms with Crippen LogP contribution in [0.4, 0.5) is 0 Å². The largest absolute Gasteiger partial charge is 0.481 e. The zero-order chi connectivity index (χ0) is 40.2. The first-order valence-corrected chi connectivity index (χ1v) is 20.9. The van der Waals surface area contributed by atoms with Crippen LogP contribution in [0, 0.1) is 0 Å². The van der Waals surface area contributed by atoms with Crippen molar-refractivity contribution >= 4 is 31.9 Å². The molecule has 17 heteroatoms. The molecule has 4 N–H and O–H groups in total. The van der Waals surface area contributed by atoms with Gasteiger partial charge in [0.15, 0.2) is 10.1 Å². The number of aromatic nitrogens is 4. The highest BCUT2D eigenvalue weighted by atomic mass is 32.2. The minimum absolute atomic E-state index is 0.00143. The highest BCUT2D eigenvalue weighted by molar-refractivity contribution is 7.90. The molecule has 1 aromatic carbocycles. The number of primary sulfonamides is 1. The summed E-state index contributed by atoms with van der Waals surface area (Å²) in [7, 11) is -0.0618. The number of carbonyl (C=O) groups is 2. The van der Waals surface area contributed by atoms with E-state index in [0.29, 0.717) is 0 Å². The summed E-state index contributed by atoms with van der Waals surface area (Å²) in [6.45, 7) is 12.9. The number of hydrogen-bond acceptors (Lipinski definition) is 10. The van der Waals surface area contributed by atoms with E-state index in [4.69, 9.17) is 15.0 Å². The molecule has 15 nitrogen and oxygen atoms in total. The zero-order valence-electron chi connectivity index (χ0n) is 33.0. The fourth-order valence-electron chi connectivity index (χ4n) is 6.57. The number of carbonyl (C=O) groups excluding carboxylic acids is 1. The third kappa shape index (κ3) is 11.0. The molecular formula is C36H58N8O7S2. The maximum atomic E-state index is 13.1. The van der Waals surface area contributed by atoms with Gasteiger partial charge in [0.25, 0.3) is 26.0 Å². The molecule has 2 atom stereocenters. The van der Waals surface area contributed by atoms with Crippen LogP contribution in [0.15, 0.2) is 28.3 Å². The predicted molar refractivity (Wildman–Crippen MR) is 204 cm³/mol. The van der Waals surface area contributed by atoms with Crippen molar-refractivity contribution < 1.29 is 31.5 Å². The molecule has 2 aromatic heterocycles. The van der Waals surface area contributed by atoms with E-state index in [1.165, 1.54) is 22.3 Å². The van der Waals surface area contributed by atoms with Gasteiger partial charge in [0, 0.05) is 43.2 Å². The second kappa shape index (κ2) is 17.7. The standard InChI is InChI=1S/C24H34N4O3S.C10H20N4O2S.C2H4O2/c1-15(2)28-22(16(3)27(4)5)14-24(25-28)32(30,31)26-23(29)13-21-19-10-6-8-17(19)12-18-9-7-11-20(18)21;1-7(2)14-9(8(3)13(4)5)6-10(12-14)17(11,15)16;1-2(3)4/h12,14-16H,6-11,13H2,1-5H3,(H,26,29);6-8H,1-5H3,(H2,11,15,16);1H3,(H,3,4). The Bertz CT molecular complexity index is 1960. The van der Waals surface area contributed by atoms with E-state index in [0.717, 1.165) is 62.4 Å². The van der Waals surface area contributed by atoms with Crippen LogP contribution in [0.2, 0.25) is 0 Å². The van der Waals surface area contributed by atoms with Crippen molar-refractivity contribution in [3.05, 3.63) is 57.4 Å². The quantitative estimate of drug-likeness (QED) is 0.255. The average Bonchev–Trinajstić information content (AvgIpc) is 3.84. The number of nitrogens with two attached hydrogens (primary N) is 1. The van der Waals surface area contributed by atoms with Gasteiger partial charge >= 0.3 is 0 Å². The number of hydrogen-bond donors (Lipinski definition) is 3. The third-order valence-corrected chi connectivity index (χ3v) is 11.6. The lowest BCUT2D eigenvalue weighted by Crippen LogP contribution is -2.32. The normalized spacial score (nSPS) is 15.1. The van der Waals surface area contributed by atoms with E-state index in [9.17, 15) is 21.6 Å². The number of nitrogens with zero attached hydrogens (tertiary/aromatic N) is 6. The summed E-state index contributed by atoms with van der Waals surface area (Å²) in [5.74, 6) is -1.32. The van der Waals surface area contributed by atoms with Gasteiger partial charge in [-0.25, -0.2) is 18.3 Å². The van der Waals surface area contributed by atoms with E-state index in [2.05, 4.69) is 21.0 Å². The van der Waals surface area contributed by atoms with Crippen molar-refractivity contribution in [2.24, 2.45) is 5.14 Å². The third-order valence-electron chi connectivity index (χ3n) is 9.62. The topological polar surface area (TPSA) is 203 Å². The van der Waals surface area contributed by atoms with Gasteiger partial charge in [-0.15, -0.1) is 0 Å². The number of aryl methyl sites for hydroxylation is 2. The lowest BCUT2D eigenvalue weighted by atomic mass is 9.92. The number of fused-ring (bicyclic) bond motifs is 2. The molecule has 5 rings (SSSR count). The number of amides is 1. The molecule has 0 saturated carbocycles. The molecule has 296 valence electrons. The van der Waals surface area contributed by atoms with Crippen molar-refractivity contribution in [1.82, 2.24) is 34.1 Å². The van der Waals surface area contributed by atoms with Gasteiger partial charge in [-0.2, -0.15) is 18.6 Å². The first-order valence-electron chi connectivity index (χ1n) is 17.9. The van der Waals surface area contributed by atoms with Crippen molar-refractivity contribution in [2.75, 3.05) is 28.2 Å². The summed E-state index contributed by atoms with van der Waals surface area (Å²) in [4.78, 5) is 25.9. The van der Waals surface area contributed by atoms with Gasteiger partial charge in [-0.05, 0) is 136 Å². The summed E-state index contributed by atoms with van der Waals surface area (Å²) >= 11 is 0. The molecule has 0 radical (unpaired) electrons. The summed E-state index contributed by atoms with van der Waals surface area (Å²) in [5.41, 5.74) is 7.93. The molecule has 2 heterocycles. The smallest absolute Gasteiger partial charge is 0.300 e. The highest BCUT2D eigenvalue weighted by Crippen LogP contribution is 2.35. The Hall–Kier alpha value is -3.64. The summed E-state index contributed by atoms with van der Waals surface area (Å²) in [6.07, 6.45) is 6.36. The Morgan fingerprint density at radius 2 is 1.17 bits per heavy atom. The van der Waals surface area contributed by atoms with Gasteiger partial charge < -0.3 is 14.9 Å². The number of carboxylic acids is 1. The number of aliphatic carboxylic acids is 1. The van der Waals surface area contributed by atoms with Crippen molar-refractivity contribution in [1.29, 1.82) is 0 Å². The van der Waals surface area contributed by atoms with E-state index < -0.39 is 31.9 Å². The highest BCUT2D eigenvalue weighted by Gasteiger charge is 2.29. The van der Waals surface area contributed by atoms with Crippen LogP contribution in [-0.2, 0) is 61.7 Å². The molecule has 0 saturated heterocycles. The van der Waals surface area contributed by atoms with Crippen LogP contribution < -0.4 is 9.86 Å². The van der Waals surface area contributed by atoms with Crippen LogP contribution in [0.1, 0.15) is 125 Å². The minimum atomic E-state index is -4.05. The molecule has 2 aliphatic carbocycles. The van der Waals surface area contributed by atoms with Crippen LogP contribution in [-0.4, -0.2) is 91.4 Å². The van der Waals surface area contributed by atoms with E-state index in [1.807, 2.05) is 79.5 Å². The van der Waals surface area contributed by atoms with Crippen LogP contribution in [0.5, 0.6) is 0 Å². The lowest BCUT2D eigenvalue weighted by Gasteiger charge is -2.22. The van der Waals surface area contributed by atoms with Crippen LogP contribution >= 0.6 is 0 Å². The Morgan fingerprint density at radius 3 is 1.55 bits per heavy atom. The Kier molecular flexibility index (Phi) is 14.6. The summed E-state index contributed by atoms with van der Waals surface area (Å²) < 4.78 is 54.4. The number of benzene rings is 1. The Morgan fingerprint density at radius 1 is 0.774 bits per heavy atom. The molecule has 0 bridgehead atoms. The van der Waals surface area contributed by atoms with Gasteiger partial charge in [-0.3, -0.25) is 19.0 Å². The molecule has 53 heavy (non-hydrogen) atoms. The first kappa shape index (κ1) is 43.8. The molecule has 0 fully saturated rings. The molecule has 1 amide bonds. The minimum Gasteiger partial charge on any atom is -0.481 e. The second-order valence-corrected chi connectivity index (χ2v) is 17.9. The SMILES string of the molecule is CC(=O)O.CC(c1cc(S(=O)(=O)NC(=O)Cc2c3c(cc4c2CCC4)CCC3)nn1C(C)C)N(C)C.CC(c1cc(S(N)(=O)=O)nn1C(C)C)N(C)C. The fraction of sp³-hybridized carbons (Fsp3) is 0.611. The molecule has 3 aromatic rings. The van der Waals surface area contributed by atoms with Crippen LogP contribution in [0.25, 0.3) is 0 Å². The van der Waals surface area contributed by atoms with Crippen molar-refractivity contribution in [3.63, 3.8) is 0 Å². The maximum absolute atomic E-state index is 13.1. The number of nitrogens with one attached hydrogen (secondary N) is 1. The van der Waals surface area contributed by atoms with Crippen molar-refractivity contribution in [2.45, 2.75) is 128 Å². The number of rotatable bonds is 11. The Labute approximate surface area is 315 Å². The van der Waals surface area contributed by atoms with E-state index in [-0.39, 0.29) is 40.6 Å². The number of sulfonamides is 2. The van der Waals surface area contributed by atoms with E-state index in [1.54, 1.807) is 21.5 Å². The predicted octanol–water partition coefficient (Wildman–Crippen LogP) is 3.94.